The molecule has 3 N–H and O–H groups in total. The van der Waals surface area contributed by atoms with E-state index in [9.17, 15) is 9.90 Å². The van der Waals surface area contributed by atoms with Crippen LogP contribution in [-0.2, 0) is 11.3 Å². The van der Waals surface area contributed by atoms with Crippen LogP contribution in [0.1, 0.15) is 17.0 Å². The number of phenolic OH excluding ortho intramolecular Hbond substituents is 1. The first-order valence-corrected chi connectivity index (χ1v) is 7.11. The van der Waals surface area contributed by atoms with Crippen LogP contribution in [0.5, 0.6) is 5.75 Å². The molecule has 0 saturated heterocycles. The van der Waals surface area contributed by atoms with Crippen molar-refractivity contribution in [3.05, 3.63) is 58.6 Å². The maximum Gasteiger partial charge on any atom is 0.233 e. The van der Waals surface area contributed by atoms with Gasteiger partial charge in [-0.05, 0) is 29.3 Å². The average molecular weight is 303 g/mol. The molecule has 0 bridgehead atoms. The molecule has 1 atom stereocenters. The van der Waals surface area contributed by atoms with Crippen LogP contribution in [0.25, 0.3) is 0 Å². The lowest BCUT2D eigenvalue weighted by molar-refractivity contribution is -0.117. The number of fused-ring (bicyclic) bond motifs is 1. The van der Waals surface area contributed by atoms with Crippen molar-refractivity contribution in [3.8, 4) is 5.75 Å². The lowest BCUT2D eigenvalue weighted by Crippen LogP contribution is -2.35. The van der Waals surface area contributed by atoms with E-state index in [0.29, 0.717) is 12.2 Å². The number of hydrogen-bond acceptors (Lipinski definition) is 3. The van der Waals surface area contributed by atoms with E-state index >= 15 is 0 Å². The van der Waals surface area contributed by atoms with Crippen molar-refractivity contribution in [2.24, 2.45) is 0 Å². The predicted molar refractivity (Wildman–Crippen MR) is 82.6 cm³/mol. The molecule has 0 radical (unpaired) electrons. The van der Waals surface area contributed by atoms with E-state index in [1.54, 1.807) is 6.07 Å². The zero-order valence-electron chi connectivity index (χ0n) is 11.3. The van der Waals surface area contributed by atoms with Crippen LogP contribution in [-0.4, -0.2) is 17.6 Å². The number of nitrogens with one attached hydrogen (secondary N) is 2. The van der Waals surface area contributed by atoms with Gasteiger partial charge in [-0.15, -0.1) is 0 Å². The molecule has 1 aliphatic heterocycles. The van der Waals surface area contributed by atoms with Crippen LogP contribution in [0, 0.1) is 0 Å². The smallest absolute Gasteiger partial charge is 0.233 e. The number of benzene rings is 2. The van der Waals surface area contributed by atoms with E-state index in [2.05, 4.69) is 10.6 Å². The van der Waals surface area contributed by atoms with Crippen molar-refractivity contribution in [3.63, 3.8) is 0 Å². The van der Waals surface area contributed by atoms with Gasteiger partial charge in [0.1, 0.15) is 5.75 Å². The summed E-state index contributed by atoms with van der Waals surface area (Å²) in [4.78, 5) is 12.5. The van der Waals surface area contributed by atoms with Gasteiger partial charge in [-0.2, -0.15) is 0 Å². The van der Waals surface area contributed by atoms with Crippen LogP contribution < -0.4 is 10.6 Å². The minimum Gasteiger partial charge on any atom is -0.506 e. The number of carbonyl (C=O) groups is 1. The second-order valence-electron chi connectivity index (χ2n) is 5.04. The van der Waals surface area contributed by atoms with E-state index < -0.39 is 0 Å². The van der Waals surface area contributed by atoms with Gasteiger partial charge in [-0.3, -0.25) is 4.79 Å². The summed E-state index contributed by atoms with van der Waals surface area (Å²) in [5.74, 6) is -0.321. The molecule has 1 amide bonds. The topological polar surface area (TPSA) is 61.4 Å². The average Bonchev–Trinajstić information content (AvgIpc) is 2.50. The van der Waals surface area contributed by atoms with Crippen molar-refractivity contribution in [2.75, 3.05) is 11.9 Å². The van der Waals surface area contributed by atoms with Crippen LogP contribution in [0.2, 0.25) is 5.02 Å². The number of phenols is 1. The first-order valence-electron chi connectivity index (χ1n) is 6.73. The van der Waals surface area contributed by atoms with Crippen LogP contribution in [0.4, 0.5) is 5.69 Å². The van der Waals surface area contributed by atoms with Gasteiger partial charge >= 0.3 is 0 Å². The van der Waals surface area contributed by atoms with Crippen molar-refractivity contribution >= 4 is 23.2 Å². The second-order valence-corrected chi connectivity index (χ2v) is 5.44. The van der Waals surface area contributed by atoms with Crippen molar-refractivity contribution < 1.29 is 9.90 Å². The zero-order chi connectivity index (χ0) is 14.8. The largest absolute Gasteiger partial charge is 0.506 e. The minimum absolute atomic E-state index is 0.000607. The molecule has 0 aromatic heterocycles. The molecule has 0 saturated carbocycles. The molecule has 5 heteroatoms. The molecule has 1 unspecified atom stereocenters. The Labute approximate surface area is 127 Å². The van der Waals surface area contributed by atoms with E-state index in [-0.39, 0.29) is 22.6 Å². The number of aromatic hydroxyl groups is 1. The summed E-state index contributed by atoms with van der Waals surface area (Å²) in [7, 11) is 0. The highest BCUT2D eigenvalue weighted by Crippen LogP contribution is 2.28. The third-order valence-electron chi connectivity index (χ3n) is 3.63. The Hall–Kier alpha value is -2.04. The van der Waals surface area contributed by atoms with E-state index in [1.165, 1.54) is 12.1 Å². The van der Waals surface area contributed by atoms with Crippen LogP contribution in [0.3, 0.4) is 0 Å². The van der Waals surface area contributed by atoms with Gasteiger partial charge in [0.25, 0.3) is 0 Å². The highest BCUT2D eigenvalue weighted by Gasteiger charge is 2.26. The first kappa shape index (κ1) is 13.9. The summed E-state index contributed by atoms with van der Waals surface area (Å²) in [6.07, 6.45) is 0. The summed E-state index contributed by atoms with van der Waals surface area (Å²) in [5.41, 5.74) is 2.78. The van der Waals surface area contributed by atoms with Gasteiger partial charge in [0, 0.05) is 18.8 Å². The van der Waals surface area contributed by atoms with Gasteiger partial charge in [-0.1, -0.05) is 35.9 Å². The molecule has 2 aromatic rings. The molecular weight excluding hydrogens is 288 g/mol. The summed E-state index contributed by atoms with van der Waals surface area (Å²) in [5, 5.41) is 15.7. The maximum absolute atomic E-state index is 12.5. The number of hydrogen-bond donors (Lipinski definition) is 3. The zero-order valence-corrected chi connectivity index (χ0v) is 12.0. The summed E-state index contributed by atoms with van der Waals surface area (Å²) >= 11 is 5.85. The Kier molecular flexibility index (Phi) is 3.82. The Morgan fingerprint density at radius 3 is 2.90 bits per heavy atom. The second kappa shape index (κ2) is 5.76. The SMILES string of the molecule is O=C(Nc1ccc(O)c(Cl)c1)C1CNCc2ccccc21. The number of amides is 1. The molecule has 0 aliphatic carbocycles. The fraction of sp³-hybridized carbons (Fsp3) is 0.188. The summed E-state index contributed by atoms with van der Waals surface area (Å²) in [6, 6.07) is 12.6. The standard InChI is InChI=1S/C16H15ClN2O2/c17-14-7-11(5-6-15(14)20)19-16(21)13-9-18-8-10-3-1-2-4-12(10)13/h1-7,13,18,20H,8-9H2,(H,19,21). The number of rotatable bonds is 2. The van der Waals surface area contributed by atoms with E-state index in [1.807, 2.05) is 24.3 Å². The van der Waals surface area contributed by atoms with Gasteiger partial charge in [0.15, 0.2) is 0 Å². The molecule has 2 aromatic carbocycles. The molecule has 3 rings (SSSR count). The Morgan fingerprint density at radius 2 is 2.10 bits per heavy atom. The quantitative estimate of drug-likeness (QED) is 0.748. The minimum atomic E-state index is -0.234. The summed E-state index contributed by atoms with van der Waals surface area (Å²) < 4.78 is 0. The van der Waals surface area contributed by atoms with Gasteiger partial charge in [0.05, 0.1) is 10.9 Å². The predicted octanol–water partition coefficient (Wildman–Crippen LogP) is 2.87. The fourth-order valence-corrected chi connectivity index (χ4v) is 2.72. The van der Waals surface area contributed by atoms with Crippen molar-refractivity contribution in [1.29, 1.82) is 0 Å². The van der Waals surface area contributed by atoms with Crippen molar-refractivity contribution in [1.82, 2.24) is 5.32 Å². The highest BCUT2D eigenvalue weighted by atomic mass is 35.5. The van der Waals surface area contributed by atoms with Crippen molar-refractivity contribution in [2.45, 2.75) is 12.5 Å². The van der Waals surface area contributed by atoms with Gasteiger partial charge in [0.2, 0.25) is 5.91 Å². The molecule has 0 fully saturated rings. The highest BCUT2D eigenvalue weighted by molar-refractivity contribution is 6.32. The van der Waals surface area contributed by atoms with E-state index in [4.69, 9.17) is 11.6 Å². The third kappa shape index (κ3) is 2.86. The molecule has 0 spiro atoms. The number of anilines is 1. The molecule has 1 heterocycles. The third-order valence-corrected chi connectivity index (χ3v) is 3.93. The lowest BCUT2D eigenvalue weighted by atomic mass is 9.90. The van der Waals surface area contributed by atoms with Gasteiger partial charge < -0.3 is 15.7 Å². The molecule has 108 valence electrons. The Balaban J connectivity index is 1.81. The lowest BCUT2D eigenvalue weighted by Gasteiger charge is -2.25. The molecular formula is C16H15ClN2O2. The van der Waals surface area contributed by atoms with Gasteiger partial charge in [-0.25, -0.2) is 0 Å². The molecule has 4 nitrogen and oxygen atoms in total. The number of carbonyl (C=O) groups excluding carboxylic acids is 1. The fourth-order valence-electron chi connectivity index (χ4n) is 2.54. The van der Waals surface area contributed by atoms with Crippen LogP contribution in [0.15, 0.2) is 42.5 Å². The maximum atomic E-state index is 12.5. The normalized spacial score (nSPS) is 17.1. The summed E-state index contributed by atoms with van der Waals surface area (Å²) in [6.45, 7) is 1.39. The Bertz CT molecular complexity index is 688. The van der Waals surface area contributed by atoms with Crippen LogP contribution >= 0.6 is 11.6 Å². The Morgan fingerprint density at radius 1 is 1.29 bits per heavy atom. The van der Waals surface area contributed by atoms with E-state index in [0.717, 1.165) is 17.7 Å². The monoisotopic (exact) mass is 302 g/mol. The molecule has 1 aliphatic rings. The number of halogens is 1. The molecule has 21 heavy (non-hydrogen) atoms. The first-order chi connectivity index (χ1) is 10.1.